The van der Waals surface area contributed by atoms with E-state index in [2.05, 4.69) is 22.5 Å². The lowest BCUT2D eigenvalue weighted by Gasteiger charge is -2.57. The van der Waals surface area contributed by atoms with Crippen LogP contribution < -0.4 is 16.4 Å². The van der Waals surface area contributed by atoms with Gasteiger partial charge in [-0.25, -0.2) is 0 Å². The van der Waals surface area contributed by atoms with Crippen molar-refractivity contribution in [3.05, 3.63) is 0 Å². The first-order valence-electron chi connectivity index (χ1n) is 16.0. The summed E-state index contributed by atoms with van der Waals surface area (Å²) in [6.07, 6.45) is 23.6. The van der Waals surface area contributed by atoms with Crippen LogP contribution in [0.15, 0.2) is 0 Å². The average Bonchev–Trinajstić information content (AvgIpc) is 3.03. The van der Waals surface area contributed by atoms with Gasteiger partial charge in [0.25, 0.3) is 0 Å². The molecule has 4 atom stereocenters. The molecule has 0 aromatic heterocycles. The van der Waals surface area contributed by atoms with E-state index in [-0.39, 0.29) is 17.6 Å². The van der Waals surface area contributed by atoms with Gasteiger partial charge in [-0.1, -0.05) is 25.7 Å². The molecule has 0 radical (unpaired) electrons. The van der Waals surface area contributed by atoms with E-state index in [9.17, 15) is 4.79 Å². The third kappa shape index (κ3) is 5.54. The van der Waals surface area contributed by atoms with Gasteiger partial charge in [0.05, 0.1) is 12.1 Å². The molecule has 204 valence electrons. The zero-order valence-corrected chi connectivity index (χ0v) is 23.1. The minimum Gasteiger partial charge on any atom is -0.350 e. The number of nitrogens with one attached hydrogen (secondary N) is 2. The summed E-state index contributed by atoms with van der Waals surface area (Å²) in [6, 6.07) is 1.01. The molecule has 4 N–H and O–H groups in total. The minimum atomic E-state index is 0.122. The van der Waals surface area contributed by atoms with Gasteiger partial charge in [0.2, 0.25) is 5.91 Å². The van der Waals surface area contributed by atoms with E-state index in [1.165, 1.54) is 96.3 Å². The highest BCUT2D eigenvalue weighted by Gasteiger charge is 2.52. The zero-order chi connectivity index (χ0) is 24.8. The van der Waals surface area contributed by atoms with Crippen LogP contribution in [0.1, 0.15) is 122 Å². The first-order valence-corrected chi connectivity index (χ1v) is 16.0. The van der Waals surface area contributed by atoms with Crippen molar-refractivity contribution in [1.82, 2.24) is 15.5 Å². The summed E-state index contributed by atoms with van der Waals surface area (Å²) in [4.78, 5) is 16.4. The molecule has 4 bridgehead atoms. The van der Waals surface area contributed by atoms with E-state index in [1.54, 1.807) is 0 Å². The Hall–Kier alpha value is -0.650. The Morgan fingerprint density at radius 1 is 0.861 bits per heavy atom. The summed E-state index contributed by atoms with van der Waals surface area (Å²) in [5.41, 5.74) is 7.24. The van der Waals surface area contributed by atoms with Gasteiger partial charge in [-0.2, -0.15) is 0 Å². The number of nitrogens with zero attached hydrogens (tertiary/aromatic N) is 1. The number of nitrogens with two attached hydrogens (primary N) is 1. The molecule has 7 fully saturated rings. The molecule has 1 spiro atoms. The largest absolute Gasteiger partial charge is 0.350 e. The summed E-state index contributed by atoms with van der Waals surface area (Å²) in [7, 11) is 0. The third-order valence-electron chi connectivity index (χ3n) is 11.7. The Morgan fingerprint density at radius 2 is 1.53 bits per heavy atom. The van der Waals surface area contributed by atoms with Crippen LogP contribution in [0.5, 0.6) is 0 Å². The Balaban J connectivity index is 1.11. The van der Waals surface area contributed by atoms with E-state index in [4.69, 9.17) is 5.73 Å². The number of hydrogen-bond donors (Lipinski definition) is 3. The van der Waals surface area contributed by atoms with E-state index in [0.29, 0.717) is 23.4 Å². The SMILES string of the molecule is CC1CC(N2CCCC(C(=O)NC34CC5CC(CC(C5)C3)C4)C2)CCC2(CCCCCC2)CC(N)N1. The van der Waals surface area contributed by atoms with Crippen LogP contribution >= 0.6 is 0 Å². The second-order valence-electron chi connectivity index (χ2n) is 14.7. The molecule has 2 aliphatic heterocycles. The maximum absolute atomic E-state index is 13.7. The molecule has 1 amide bonds. The predicted molar refractivity (Wildman–Crippen MR) is 146 cm³/mol. The van der Waals surface area contributed by atoms with Gasteiger partial charge in [-0.05, 0) is 127 Å². The van der Waals surface area contributed by atoms with Crippen LogP contribution in [-0.4, -0.2) is 47.7 Å². The van der Waals surface area contributed by atoms with Gasteiger partial charge in [-0.15, -0.1) is 0 Å². The smallest absolute Gasteiger partial charge is 0.224 e. The molecule has 5 heteroatoms. The molecule has 0 aromatic rings. The molecule has 5 aliphatic carbocycles. The lowest BCUT2D eigenvalue weighted by molar-refractivity contribution is -0.133. The van der Waals surface area contributed by atoms with Crippen LogP contribution in [0, 0.1) is 29.1 Å². The van der Waals surface area contributed by atoms with Crippen molar-refractivity contribution in [3.63, 3.8) is 0 Å². The molecule has 7 rings (SSSR count). The van der Waals surface area contributed by atoms with Crippen LogP contribution in [0.2, 0.25) is 0 Å². The Morgan fingerprint density at radius 3 is 2.19 bits per heavy atom. The molecule has 4 unspecified atom stereocenters. The second kappa shape index (κ2) is 10.5. The average molecular weight is 499 g/mol. The molecule has 5 nitrogen and oxygen atoms in total. The van der Waals surface area contributed by atoms with Crippen molar-refractivity contribution in [1.29, 1.82) is 0 Å². The number of piperidine rings is 1. The normalized spacial score (nSPS) is 45.4. The molecule has 2 heterocycles. The molecular formula is C31H54N4O. The molecular weight excluding hydrogens is 444 g/mol. The van der Waals surface area contributed by atoms with E-state index >= 15 is 0 Å². The maximum atomic E-state index is 13.7. The first kappa shape index (κ1) is 25.6. The number of likely N-dealkylation sites (tertiary alicyclic amines) is 1. The summed E-state index contributed by atoms with van der Waals surface area (Å²) in [5, 5.41) is 7.50. The van der Waals surface area contributed by atoms with Gasteiger partial charge in [0.1, 0.15) is 0 Å². The number of hydrogen-bond acceptors (Lipinski definition) is 4. The molecule has 2 saturated heterocycles. The van der Waals surface area contributed by atoms with Crippen molar-refractivity contribution in [2.75, 3.05) is 13.1 Å². The topological polar surface area (TPSA) is 70.4 Å². The first-order chi connectivity index (χ1) is 17.4. The number of rotatable bonds is 3. The fraction of sp³-hybridized carbons (Fsp3) is 0.968. The van der Waals surface area contributed by atoms with Crippen molar-refractivity contribution < 1.29 is 4.79 Å². The summed E-state index contributed by atoms with van der Waals surface area (Å²) in [6.45, 7) is 4.46. The Labute approximate surface area is 220 Å². The maximum Gasteiger partial charge on any atom is 0.224 e. The highest BCUT2D eigenvalue weighted by atomic mass is 16.2. The standard InChI is InChI=1S/C31H54N4O/c1-22-13-27(8-11-30(20-28(32)33-22)9-4-2-3-5-10-30)35-12-6-7-26(21-35)29(36)34-31-17-23-14-24(18-31)16-25(15-23)19-31/h22-28,33H,2-21,32H2,1H3,(H,34,36). The van der Waals surface area contributed by atoms with Crippen molar-refractivity contribution in [2.45, 2.75) is 146 Å². The number of carbonyl (C=O) groups is 1. The van der Waals surface area contributed by atoms with Gasteiger partial charge in [0.15, 0.2) is 0 Å². The molecule has 36 heavy (non-hydrogen) atoms. The lowest BCUT2D eigenvalue weighted by atomic mass is 9.53. The fourth-order valence-corrected chi connectivity index (χ4v) is 10.5. The van der Waals surface area contributed by atoms with Crippen LogP contribution in [-0.2, 0) is 4.79 Å². The van der Waals surface area contributed by atoms with E-state index in [0.717, 1.165) is 50.1 Å². The van der Waals surface area contributed by atoms with Crippen LogP contribution in [0.25, 0.3) is 0 Å². The molecule has 0 aromatic carbocycles. The number of amides is 1. The highest BCUT2D eigenvalue weighted by molar-refractivity contribution is 5.80. The van der Waals surface area contributed by atoms with Gasteiger partial charge >= 0.3 is 0 Å². The second-order valence-corrected chi connectivity index (χ2v) is 14.7. The summed E-state index contributed by atoms with van der Waals surface area (Å²) in [5.74, 6) is 3.22. The Bertz CT molecular complexity index is 739. The van der Waals surface area contributed by atoms with Crippen molar-refractivity contribution >= 4 is 5.91 Å². The lowest BCUT2D eigenvalue weighted by Crippen LogP contribution is -2.61. The predicted octanol–water partition coefficient (Wildman–Crippen LogP) is 5.33. The van der Waals surface area contributed by atoms with Gasteiger partial charge in [0, 0.05) is 24.2 Å². The van der Waals surface area contributed by atoms with E-state index in [1.807, 2.05) is 0 Å². The van der Waals surface area contributed by atoms with Gasteiger partial charge in [-0.3, -0.25) is 15.0 Å². The van der Waals surface area contributed by atoms with Crippen LogP contribution in [0.3, 0.4) is 0 Å². The fourth-order valence-electron chi connectivity index (χ4n) is 10.5. The summed E-state index contributed by atoms with van der Waals surface area (Å²) >= 11 is 0. The summed E-state index contributed by atoms with van der Waals surface area (Å²) < 4.78 is 0. The van der Waals surface area contributed by atoms with Crippen molar-refractivity contribution in [2.24, 2.45) is 34.8 Å². The number of carbonyl (C=O) groups excluding carboxylic acids is 1. The van der Waals surface area contributed by atoms with Gasteiger partial charge < -0.3 is 11.1 Å². The van der Waals surface area contributed by atoms with E-state index < -0.39 is 0 Å². The van der Waals surface area contributed by atoms with Crippen molar-refractivity contribution in [3.8, 4) is 0 Å². The molecule has 7 aliphatic rings. The minimum absolute atomic E-state index is 0.122. The zero-order valence-electron chi connectivity index (χ0n) is 23.1. The monoisotopic (exact) mass is 498 g/mol. The molecule has 5 saturated carbocycles. The Kier molecular flexibility index (Phi) is 7.46. The third-order valence-corrected chi connectivity index (χ3v) is 11.7. The van der Waals surface area contributed by atoms with Crippen LogP contribution in [0.4, 0.5) is 0 Å². The quantitative estimate of drug-likeness (QED) is 0.492. The highest BCUT2D eigenvalue weighted by Crippen LogP contribution is 2.55.